The largest absolute Gasteiger partial charge is 0.411 e. The highest BCUT2D eigenvalue weighted by Crippen LogP contribution is 2.32. The molecule has 0 amide bonds. The van der Waals surface area contributed by atoms with Crippen LogP contribution in [0.15, 0.2) is 11.4 Å². The van der Waals surface area contributed by atoms with Gasteiger partial charge in [0.05, 0.1) is 42.2 Å². The van der Waals surface area contributed by atoms with Gasteiger partial charge in [0.1, 0.15) is 11.6 Å². The van der Waals surface area contributed by atoms with Crippen LogP contribution < -0.4 is 4.90 Å². The molecule has 152 valence electrons. The third-order valence-electron chi connectivity index (χ3n) is 5.05. The molecule has 9 nitrogen and oxygen atoms in total. The van der Waals surface area contributed by atoms with Crippen LogP contribution in [0.25, 0.3) is 11.0 Å². The van der Waals surface area contributed by atoms with Crippen molar-refractivity contribution in [3.05, 3.63) is 12.0 Å². The van der Waals surface area contributed by atoms with Crippen LogP contribution >= 0.6 is 0 Å². The molecular weight excluding hydrogens is 358 g/mol. The summed E-state index contributed by atoms with van der Waals surface area (Å²) in [6.07, 6.45) is 3.92. The molecule has 9 heteroatoms. The van der Waals surface area contributed by atoms with E-state index in [2.05, 4.69) is 35.9 Å². The monoisotopic (exact) mass is 387 g/mol. The maximum absolute atomic E-state index is 8.94. The number of nitrogens with one attached hydrogen (secondary N) is 1. The lowest BCUT2D eigenvalue weighted by Crippen LogP contribution is -2.34. The molecule has 2 N–H and O–H groups in total. The minimum absolute atomic E-state index is 0.181. The van der Waals surface area contributed by atoms with Crippen LogP contribution in [0.1, 0.15) is 46.4 Å². The van der Waals surface area contributed by atoms with E-state index in [4.69, 9.17) is 25.3 Å². The maximum atomic E-state index is 8.94. The molecular formula is C19H29N7O2. The molecule has 2 aromatic rings. The van der Waals surface area contributed by atoms with E-state index in [9.17, 15) is 0 Å². The highest BCUT2D eigenvalue weighted by molar-refractivity contribution is 6.40. The molecule has 1 atom stereocenters. The molecule has 1 aliphatic rings. The molecule has 0 radical (unpaired) electrons. The maximum Gasteiger partial charge on any atom is 0.164 e. The van der Waals surface area contributed by atoms with E-state index in [1.165, 1.54) is 0 Å². The zero-order valence-electron chi connectivity index (χ0n) is 17.2. The summed E-state index contributed by atoms with van der Waals surface area (Å²) < 4.78 is 7.09. The Labute approximate surface area is 164 Å². The van der Waals surface area contributed by atoms with Gasteiger partial charge in [0.2, 0.25) is 0 Å². The first kappa shape index (κ1) is 20.2. The lowest BCUT2D eigenvalue weighted by Gasteiger charge is -2.27. The number of ether oxygens (including phenoxy) is 1. The molecule has 0 aliphatic carbocycles. The van der Waals surface area contributed by atoms with Crippen molar-refractivity contribution in [1.82, 2.24) is 19.7 Å². The average molecular weight is 387 g/mol. The number of fused-ring (bicyclic) bond motifs is 1. The lowest BCUT2D eigenvalue weighted by molar-refractivity contribution is 0.180. The highest BCUT2D eigenvalue weighted by atomic mass is 16.5. The fraction of sp³-hybridized carbons (Fsp3) is 0.632. The second-order valence-electron chi connectivity index (χ2n) is 8.27. The summed E-state index contributed by atoms with van der Waals surface area (Å²) in [5, 5.41) is 25.5. The zero-order valence-corrected chi connectivity index (χ0v) is 17.2. The fourth-order valence-corrected chi connectivity index (χ4v) is 3.42. The van der Waals surface area contributed by atoms with Crippen molar-refractivity contribution < 1.29 is 9.94 Å². The van der Waals surface area contributed by atoms with Crippen LogP contribution in [0, 0.1) is 5.41 Å². The van der Waals surface area contributed by atoms with E-state index in [1.807, 2.05) is 0 Å². The molecule has 1 unspecified atom stereocenters. The van der Waals surface area contributed by atoms with E-state index >= 15 is 0 Å². The Morgan fingerprint density at radius 2 is 2.14 bits per heavy atom. The Kier molecular flexibility index (Phi) is 5.64. The smallest absolute Gasteiger partial charge is 0.164 e. The van der Waals surface area contributed by atoms with Crippen LogP contribution in [0.5, 0.6) is 0 Å². The van der Waals surface area contributed by atoms with Gasteiger partial charge >= 0.3 is 0 Å². The molecule has 1 saturated heterocycles. The van der Waals surface area contributed by atoms with Crippen LogP contribution in [0.4, 0.5) is 5.82 Å². The van der Waals surface area contributed by atoms with E-state index in [1.54, 1.807) is 24.9 Å². The number of methoxy groups -OCH3 is 1. The Bertz CT molecular complexity index is 898. The van der Waals surface area contributed by atoms with Gasteiger partial charge in [-0.05, 0) is 19.8 Å². The molecule has 3 rings (SSSR count). The summed E-state index contributed by atoms with van der Waals surface area (Å²) >= 11 is 0. The van der Waals surface area contributed by atoms with Gasteiger partial charge in [0, 0.05) is 19.1 Å². The summed E-state index contributed by atoms with van der Waals surface area (Å²) in [6.45, 7) is 9.59. The number of hydrogen-bond donors (Lipinski definition) is 2. The minimum Gasteiger partial charge on any atom is -0.411 e. The Hall–Kier alpha value is -2.55. The van der Waals surface area contributed by atoms with Gasteiger partial charge < -0.3 is 20.3 Å². The van der Waals surface area contributed by atoms with Gasteiger partial charge in [-0.25, -0.2) is 14.6 Å². The van der Waals surface area contributed by atoms with Gasteiger partial charge in [-0.2, -0.15) is 5.10 Å². The Morgan fingerprint density at radius 3 is 2.79 bits per heavy atom. The highest BCUT2D eigenvalue weighted by Gasteiger charge is 2.30. The quantitative estimate of drug-likeness (QED) is 0.448. The summed E-state index contributed by atoms with van der Waals surface area (Å²) in [6, 6.07) is 0.279. The van der Waals surface area contributed by atoms with Crippen molar-refractivity contribution in [2.24, 2.45) is 5.16 Å². The van der Waals surface area contributed by atoms with Crippen molar-refractivity contribution >= 4 is 28.3 Å². The van der Waals surface area contributed by atoms with Gasteiger partial charge in [-0.3, -0.25) is 0 Å². The summed E-state index contributed by atoms with van der Waals surface area (Å²) in [7, 11) is 1.72. The van der Waals surface area contributed by atoms with E-state index in [-0.39, 0.29) is 29.4 Å². The number of anilines is 1. The van der Waals surface area contributed by atoms with Gasteiger partial charge in [-0.1, -0.05) is 25.9 Å². The van der Waals surface area contributed by atoms with Crippen LogP contribution in [-0.4, -0.2) is 62.7 Å². The van der Waals surface area contributed by atoms with Crippen molar-refractivity contribution in [2.75, 3.05) is 25.2 Å². The summed E-state index contributed by atoms with van der Waals surface area (Å²) in [4.78, 5) is 12.0. The molecule has 0 bridgehead atoms. The van der Waals surface area contributed by atoms with Gasteiger partial charge in [-0.15, -0.1) is 0 Å². The number of aromatic nitrogens is 4. The number of hydrogen-bond acceptors (Lipinski definition) is 8. The first-order valence-corrected chi connectivity index (χ1v) is 9.52. The van der Waals surface area contributed by atoms with E-state index < -0.39 is 0 Å². The number of oxime groups is 1. The Morgan fingerprint density at radius 1 is 1.39 bits per heavy atom. The number of nitrogens with zero attached hydrogens (tertiary/aromatic N) is 6. The van der Waals surface area contributed by atoms with Crippen molar-refractivity contribution in [1.29, 1.82) is 5.41 Å². The fourth-order valence-electron chi connectivity index (χ4n) is 3.42. The third-order valence-corrected chi connectivity index (χ3v) is 5.05. The molecule has 0 aromatic carbocycles. The molecule has 1 aliphatic heterocycles. The van der Waals surface area contributed by atoms with Gasteiger partial charge in [0.15, 0.2) is 5.65 Å². The molecule has 28 heavy (non-hydrogen) atoms. The molecule has 2 aromatic heterocycles. The lowest BCUT2D eigenvalue weighted by atomic mass is 9.95. The van der Waals surface area contributed by atoms with E-state index in [0.29, 0.717) is 12.3 Å². The zero-order chi connectivity index (χ0) is 20.5. The summed E-state index contributed by atoms with van der Waals surface area (Å²) in [5.41, 5.74) is 0.899. The predicted molar refractivity (Wildman–Crippen MR) is 109 cm³/mol. The Balaban J connectivity index is 2.12. The van der Waals surface area contributed by atoms with Crippen LogP contribution in [0.2, 0.25) is 0 Å². The second-order valence-corrected chi connectivity index (χ2v) is 8.27. The predicted octanol–water partition coefficient (Wildman–Crippen LogP) is 2.61. The van der Waals surface area contributed by atoms with Crippen molar-refractivity contribution in [2.45, 2.75) is 58.5 Å². The van der Waals surface area contributed by atoms with Crippen molar-refractivity contribution in [3.8, 4) is 0 Å². The molecule has 0 saturated carbocycles. The molecule has 0 spiro atoms. The minimum atomic E-state index is -0.232. The van der Waals surface area contributed by atoms with Gasteiger partial charge in [0.25, 0.3) is 0 Å². The first-order valence-electron chi connectivity index (χ1n) is 9.52. The topological polar surface area (TPSA) is 113 Å². The standard InChI is InChI=1S/C19H29N7O2/c1-12(24-27)15(20)10-26-17-14(9-21-26)16(22-18(23-17)19(2,3)4)25-8-6-7-13(25)11-28-5/h9,13,20,27H,6-8,10-11H2,1-5H3/b20-15?,24-12-. The first-order chi connectivity index (χ1) is 13.3. The number of rotatable bonds is 6. The average Bonchev–Trinajstić information content (AvgIpc) is 3.27. The normalized spacial score (nSPS) is 18.2. The van der Waals surface area contributed by atoms with Crippen LogP contribution in [0.3, 0.4) is 0 Å². The van der Waals surface area contributed by atoms with E-state index in [0.717, 1.165) is 36.4 Å². The van der Waals surface area contributed by atoms with Crippen molar-refractivity contribution in [3.63, 3.8) is 0 Å². The third kappa shape index (κ3) is 3.84. The molecule has 1 fully saturated rings. The molecule has 3 heterocycles. The van der Waals surface area contributed by atoms with Crippen LogP contribution in [-0.2, 0) is 16.7 Å². The second kappa shape index (κ2) is 7.83. The summed E-state index contributed by atoms with van der Waals surface area (Å²) in [5.74, 6) is 1.61. The SMILES string of the molecule is COCC1CCCN1c1nc(C(C)(C)C)nc2c1cnn2CC(=N)/C(C)=N\O.